The highest BCUT2D eigenvalue weighted by Crippen LogP contribution is 2.23. The fraction of sp³-hybridized carbons (Fsp3) is 0.0435. The summed E-state index contributed by atoms with van der Waals surface area (Å²) in [6.07, 6.45) is 1.59. The zero-order valence-electron chi connectivity index (χ0n) is 15.8. The van der Waals surface area contributed by atoms with Crippen molar-refractivity contribution in [3.05, 3.63) is 96.6 Å². The van der Waals surface area contributed by atoms with Crippen molar-refractivity contribution in [1.82, 2.24) is 15.0 Å². The van der Waals surface area contributed by atoms with Crippen molar-refractivity contribution < 1.29 is 4.79 Å². The SMILES string of the molecule is Cc1nc(Nc2cccc(NC(=O)c3ccccn3)c2)cc(-c2ccccc2)n1. The van der Waals surface area contributed by atoms with Crippen LogP contribution in [0.25, 0.3) is 11.3 Å². The maximum Gasteiger partial charge on any atom is 0.274 e. The number of benzene rings is 2. The average molecular weight is 381 g/mol. The van der Waals surface area contributed by atoms with Gasteiger partial charge in [-0.15, -0.1) is 0 Å². The summed E-state index contributed by atoms with van der Waals surface area (Å²) in [7, 11) is 0. The lowest BCUT2D eigenvalue weighted by Crippen LogP contribution is -2.13. The van der Waals surface area contributed by atoms with Crippen LogP contribution in [-0.2, 0) is 0 Å². The first-order valence-electron chi connectivity index (χ1n) is 9.18. The topological polar surface area (TPSA) is 79.8 Å². The summed E-state index contributed by atoms with van der Waals surface area (Å²) >= 11 is 0. The Balaban J connectivity index is 1.54. The molecule has 2 N–H and O–H groups in total. The van der Waals surface area contributed by atoms with Crippen LogP contribution in [0.15, 0.2) is 85.1 Å². The number of hydrogen-bond donors (Lipinski definition) is 2. The highest BCUT2D eigenvalue weighted by Gasteiger charge is 2.08. The van der Waals surface area contributed by atoms with Crippen LogP contribution in [0.5, 0.6) is 0 Å². The van der Waals surface area contributed by atoms with Gasteiger partial charge < -0.3 is 10.6 Å². The van der Waals surface area contributed by atoms with Gasteiger partial charge in [-0.05, 0) is 37.3 Å². The van der Waals surface area contributed by atoms with Crippen LogP contribution in [0.2, 0.25) is 0 Å². The molecule has 0 spiro atoms. The number of rotatable bonds is 5. The molecule has 0 unspecified atom stereocenters. The van der Waals surface area contributed by atoms with E-state index in [2.05, 4.69) is 25.6 Å². The van der Waals surface area contributed by atoms with Gasteiger partial charge in [0, 0.05) is 29.2 Å². The molecule has 6 nitrogen and oxygen atoms in total. The van der Waals surface area contributed by atoms with Crippen molar-refractivity contribution in [2.75, 3.05) is 10.6 Å². The van der Waals surface area contributed by atoms with E-state index in [1.807, 2.05) is 67.6 Å². The zero-order chi connectivity index (χ0) is 20.1. The summed E-state index contributed by atoms with van der Waals surface area (Å²) < 4.78 is 0. The standard InChI is InChI=1S/C23H19N5O/c1-16-25-21(17-8-3-2-4-9-17)15-22(26-16)27-18-10-7-11-19(14-18)28-23(29)20-12-5-6-13-24-20/h2-15H,1H3,(H,28,29)(H,25,26,27). The van der Waals surface area contributed by atoms with Crippen molar-refractivity contribution in [2.45, 2.75) is 6.92 Å². The zero-order valence-corrected chi connectivity index (χ0v) is 15.8. The summed E-state index contributed by atoms with van der Waals surface area (Å²) in [6.45, 7) is 1.86. The molecule has 2 heterocycles. The highest BCUT2D eigenvalue weighted by molar-refractivity contribution is 6.03. The lowest BCUT2D eigenvalue weighted by molar-refractivity contribution is 0.102. The van der Waals surface area contributed by atoms with Crippen LogP contribution in [0.1, 0.15) is 16.3 Å². The molecule has 0 radical (unpaired) electrons. The molecule has 6 heteroatoms. The van der Waals surface area contributed by atoms with Gasteiger partial charge in [0.25, 0.3) is 5.91 Å². The lowest BCUT2D eigenvalue weighted by Gasteiger charge is -2.11. The maximum atomic E-state index is 12.3. The Morgan fingerprint density at radius 1 is 0.828 bits per heavy atom. The number of hydrogen-bond acceptors (Lipinski definition) is 5. The second-order valence-corrected chi connectivity index (χ2v) is 6.43. The molecule has 142 valence electrons. The van der Waals surface area contributed by atoms with Gasteiger partial charge >= 0.3 is 0 Å². The van der Waals surface area contributed by atoms with Gasteiger partial charge in [0.1, 0.15) is 17.3 Å². The number of nitrogens with zero attached hydrogens (tertiary/aromatic N) is 3. The average Bonchev–Trinajstić information content (AvgIpc) is 2.75. The largest absolute Gasteiger partial charge is 0.340 e. The van der Waals surface area contributed by atoms with E-state index in [9.17, 15) is 4.79 Å². The van der Waals surface area contributed by atoms with Crippen molar-refractivity contribution in [3.63, 3.8) is 0 Å². The van der Waals surface area contributed by atoms with E-state index in [1.54, 1.807) is 24.4 Å². The molecule has 4 aromatic rings. The van der Waals surface area contributed by atoms with E-state index in [-0.39, 0.29) is 5.91 Å². The number of anilines is 3. The molecule has 0 saturated heterocycles. The number of nitrogens with one attached hydrogen (secondary N) is 2. The molecule has 2 aromatic heterocycles. The van der Waals surface area contributed by atoms with Gasteiger partial charge in [-0.3, -0.25) is 9.78 Å². The van der Waals surface area contributed by atoms with Crippen molar-refractivity contribution in [3.8, 4) is 11.3 Å². The quantitative estimate of drug-likeness (QED) is 0.517. The van der Waals surface area contributed by atoms with Crippen molar-refractivity contribution in [2.24, 2.45) is 0 Å². The maximum absolute atomic E-state index is 12.3. The number of carbonyl (C=O) groups excluding carboxylic acids is 1. The Kier molecular flexibility index (Phi) is 5.25. The van der Waals surface area contributed by atoms with Crippen LogP contribution in [0.4, 0.5) is 17.2 Å². The smallest absolute Gasteiger partial charge is 0.274 e. The van der Waals surface area contributed by atoms with E-state index >= 15 is 0 Å². The Labute approximate surface area is 168 Å². The van der Waals surface area contributed by atoms with Crippen LogP contribution in [-0.4, -0.2) is 20.9 Å². The number of aryl methyl sites for hydroxylation is 1. The van der Waals surface area contributed by atoms with Crippen LogP contribution < -0.4 is 10.6 Å². The fourth-order valence-corrected chi connectivity index (χ4v) is 2.90. The predicted octanol–water partition coefficient (Wildman–Crippen LogP) is 4.84. The second-order valence-electron chi connectivity index (χ2n) is 6.43. The van der Waals surface area contributed by atoms with Gasteiger partial charge in [0.2, 0.25) is 0 Å². The van der Waals surface area contributed by atoms with Crippen molar-refractivity contribution >= 4 is 23.1 Å². The first-order valence-corrected chi connectivity index (χ1v) is 9.18. The third-order valence-corrected chi connectivity index (χ3v) is 4.20. The minimum absolute atomic E-state index is 0.257. The molecule has 29 heavy (non-hydrogen) atoms. The summed E-state index contributed by atoms with van der Waals surface area (Å²) in [4.78, 5) is 25.4. The lowest BCUT2D eigenvalue weighted by atomic mass is 10.1. The van der Waals surface area contributed by atoms with Gasteiger partial charge in [0.05, 0.1) is 5.69 Å². The second kappa shape index (κ2) is 8.31. The molecule has 2 aromatic carbocycles. The molecule has 0 atom stereocenters. The first kappa shape index (κ1) is 18.3. The molecule has 0 bridgehead atoms. The van der Waals surface area contributed by atoms with E-state index < -0.39 is 0 Å². The molecular weight excluding hydrogens is 362 g/mol. The van der Waals surface area contributed by atoms with Gasteiger partial charge in [-0.25, -0.2) is 9.97 Å². The Bertz CT molecular complexity index is 1130. The van der Waals surface area contributed by atoms with Crippen LogP contribution in [0.3, 0.4) is 0 Å². The number of carbonyl (C=O) groups is 1. The van der Waals surface area contributed by atoms with Crippen molar-refractivity contribution in [1.29, 1.82) is 0 Å². The molecule has 0 aliphatic rings. The summed E-state index contributed by atoms with van der Waals surface area (Å²) in [6, 6.07) is 24.5. The number of pyridine rings is 1. The van der Waals surface area contributed by atoms with Gasteiger partial charge in [-0.1, -0.05) is 42.5 Å². The van der Waals surface area contributed by atoms with Gasteiger partial charge in [0.15, 0.2) is 0 Å². The Hall–Kier alpha value is -4.06. The minimum Gasteiger partial charge on any atom is -0.340 e. The Morgan fingerprint density at radius 2 is 1.62 bits per heavy atom. The Morgan fingerprint density at radius 3 is 2.41 bits per heavy atom. The summed E-state index contributed by atoms with van der Waals surface area (Å²) in [5.74, 6) is 1.10. The third kappa shape index (κ3) is 4.62. The minimum atomic E-state index is -0.257. The first-order chi connectivity index (χ1) is 14.2. The molecule has 0 fully saturated rings. The van der Waals surface area contributed by atoms with E-state index in [1.165, 1.54) is 0 Å². The monoisotopic (exact) mass is 381 g/mol. The molecule has 0 aliphatic carbocycles. The van der Waals surface area contributed by atoms with E-state index in [4.69, 9.17) is 0 Å². The highest BCUT2D eigenvalue weighted by atomic mass is 16.1. The van der Waals surface area contributed by atoms with E-state index in [0.29, 0.717) is 23.0 Å². The predicted molar refractivity (Wildman–Crippen MR) is 114 cm³/mol. The van der Waals surface area contributed by atoms with Crippen LogP contribution in [0, 0.1) is 6.92 Å². The molecule has 1 amide bonds. The molecular formula is C23H19N5O. The van der Waals surface area contributed by atoms with Crippen LogP contribution >= 0.6 is 0 Å². The molecule has 4 rings (SSSR count). The van der Waals surface area contributed by atoms with E-state index in [0.717, 1.165) is 16.9 Å². The summed E-state index contributed by atoms with van der Waals surface area (Å²) in [5.41, 5.74) is 3.71. The summed E-state index contributed by atoms with van der Waals surface area (Å²) in [5, 5.41) is 6.15. The third-order valence-electron chi connectivity index (χ3n) is 4.20. The number of aromatic nitrogens is 3. The van der Waals surface area contributed by atoms with Gasteiger partial charge in [-0.2, -0.15) is 0 Å². The number of amides is 1. The molecule has 0 aliphatic heterocycles. The normalized spacial score (nSPS) is 10.4. The molecule has 0 saturated carbocycles. The fourth-order valence-electron chi connectivity index (χ4n) is 2.90.